The second-order valence-electron chi connectivity index (χ2n) is 7.42. The zero-order chi connectivity index (χ0) is 19.0. The molecular formula is C18H24N4O3S2. The molecule has 0 aromatic heterocycles. The average Bonchev–Trinajstić information content (AvgIpc) is 3.09. The smallest absolute Gasteiger partial charge is 0.227 e. The Morgan fingerprint density at radius 1 is 1.19 bits per heavy atom. The van der Waals surface area contributed by atoms with E-state index in [0.717, 1.165) is 42.6 Å². The first-order valence-corrected chi connectivity index (χ1v) is 11.9. The number of sulfone groups is 1. The van der Waals surface area contributed by atoms with E-state index in [-0.39, 0.29) is 28.7 Å². The van der Waals surface area contributed by atoms with Crippen LogP contribution in [-0.2, 0) is 21.1 Å². The number of carbonyl (C=O) groups is 1. The molecule has 3 aliphatic rings. The summed E-state index contributed by atoms with van der Waals surface area (Å²) in [6.45, 7) is 3.45. The van der Waals surface area contributed by atoms with E-state index in [4.69, 9.17) is 0 Å². The highest BCUT2D eigenvalue weighted by molar-refractivity contribution is 8.15. The van der Waals surface area contributed by atoms with Gasteiger partial charge in [-0.1, -0.05) is 23.9 Å². The number of rotatable bonds is 3. The molecule has 3 heterocycles. The van der Waals surface area contributed by atoms with Crippen LogP contribution in [0.5, 0.6) is 0 Å². The number of anilines is 1. The lowest BCUT2D eigenvalue weighted by molar-refractivity contribution is -0.132. The fourth-order valence-electron chi connectivity index (χ4n) is 3.59. The van der Waals surface area contributed by atoms with Crippen LogP contribution in [0.25, 0.3) is 0 Å². The lowest BCUT2D eigenvalue weighted by atomic mass is 10.1. The number of nitrogens with one attached hydrogen (secondary N) is 1. The highest BCUT2D eigenvalue weighted by atomic mass is 32.2. The highest BCUT2D eigenvalue weighted by Crippen LogP contribution is 2.34. The number of thioether (sulfide) groups is 1. The first-order chi connectivity index (χ1) is 12.9. The van der Waals surface area contributed by atoms with Gasteiger partial charge in [-0.2, -0.15) is 0 Å². The van der Waals surface area contributed by atoms with Crippen LogP contribution in [0.15, 0.2) is 29.3 Å². The van der Waals surface area contributed by atoms with Crippen molar-refractivity contribution in [1.29, 1.82) is 0 Å². The van der Waals surface area contributed by atoms with Crippen LogP contribution in [0.3, 0.4) is 0 Å². The third kappa shape index (κ3) is 4.47. The predicted molar refractivity (Wildman–Crippen MR) is 109 cm³/mol. The van der Waals surface area contributed by atoms with Gasteiger partial charge in [0.25, 0.3) is 0 Å². The molecule has 1 N–H and O–H groups in total. The van der Waals surface area contributed by atoms with Crippen LogP contribution in [0.1, 0.15) is 5.56 Å². The van der Waals surface area contributed by atoms with Gasteiger partial charge in [0.15, 0.2) is 15.0 Å². The van der Waals surface area contributed by atoms with E-state index >= 15 is 0 Å². The number of fused-ring (bicyclic) bond motifs is 1. The molecule has 1 aromatic rings. The minimum Gasteiger partial charge on any atom is -0.340 e. The molecule has 0 bridgehead atoms. The van der Waals surface area contributed by atoms with E-state index in [2.05, 4.69) is 22.3 Å². The van der Waals surface area contributed by atoms with Crippen molar-refractivity contribution in [2.24, 2.45) is 4.99 Å². The minimum absolute atomic E-state index is 0.0398. The Balaban J connectivity index is 1.31. The van der Waals surface area contributed by atoms with E-state index in [9.17, 15) is 13.2 Å². The summed E-state index contributed by atoms with van der Waals surface area (Å²) < 4.78 is 23.3. The van der Waals surface area contributed by atoms with Gasteiger partial charge in [-0.05, 0) is 24.7 Å². The molecule has 27 heavy (non-hydrogen) atoms. The van der Waals surface area contributed by atoms with Crippen molar-refractivity contribution in [3.63, 3.8) is 0 Å². The van der Waals surface area contributed by atoms with Gasteiger partial charge < -0.3 is 15.1 Å². The number of likely N-dealkylation sites (N-methyl/N-ethyl adjacent to an activating group) is 1. The van der Waals surface area contributed by atoms with Crippen molar-refractivity contribution in [2.45, 2.75) is 17.7 Å². The lowest BCUT2D eigenvalue weighted by Crippen LogP contribution is -2.47. The van der Waals surface area contributed by atoms with E-state index in [1.807, 2.05) is 29.2 Å². The van der Waals surface area contributed by atoms with Crippen LogP contribution in [0.4, 0.5) is 5.69 Å². The van der Waals surface area contributed by atoms with Crippen LogP contribution >= 0.6 is 11.8 Å². The van der Waals surface area contributed by atoms with Crippen molar-refractivity contribution in [3.8, 4) is 0 Å². The molecular weight excluding hydrogens is 384 g/mol. The van der Waals surface area contributed by atoms with Gasteiger partial charge in [-0.15, -0.1) is 0 Å². The molecule has 2 unspecified atom stereocenters. The Morgan fingerprint density at radius 3 is 2.56 bits per heavy atom. The summed E-state index contributed by atoms with van der Waals surface area (Å²) in [7, 11) is -0.850. The number of hydrogen-bond acceptors (Lipinski definition) is 7. The number of nitrogens with zero attached hydrogens (tertiary/aromatic N) is 3. The SMILES string of the molecule is CN1CCN(C(=O)Cc2ccc(NC3=NC4CS(=O)(=O)CC4S3)cc2)CC1. The van der Waals surface area contributed by atoms with Crippen LogP contribution in [-0.4, -0.2) is 85.3 Å². The lowest BCUT2D eigenvalue weighted by Gasteiger charge is -2.32. The molecule has 2 atom stereocenters. The average molecular weight is 409 g/mol. The summed E-state index contributed by atoms with van der Waals surface area (Å²) in [6, 6.07) is 7.69. The predicted octanol–water partition coefficient (Wildman–Crippen LogP) is 0.683. The third-order valence-electron chi connectivity index (χ3n) is 5.23. The molecule has 0 spiro atoms. The number of benzene rings is 1. The van der Waals surface area contributed by atoms with Gasteiger partial charge in [0, 0.05) is 37.1 Å². The molecule has 1 aromatic carbocycles. The van der Waals surface area contributed by atoms with Crippen LogP contribution in [0.2, 0.25) is 0 Å². The Hall–Kier alpha value is -1.58. The molecule has 1 amide bonds. The maximum absolute atomic E-state index is 12.4. The van der Waals surface area contributed by atoms with Crippen LogP contribution < -0.4 is 5.32 Å². The van der Waals surface area contributed by atoms with Gasteiger partial charge in [0.2, 0.25) is 5.91 Å². The van der Waals surface area contributed by atoms with Gasteiger partial charge >= 0.3 is 0 Å². The maximum Gasteiger partial charge on any atom is 0.227 e. The largest absolute Gasteiger partial charge is 0.340 e. The van der Waals surface area contributed by atoms with Crippen molar-refractivity contribution < 1.29 is 13.2 Å². The number of hydrogen-bond donors (Lipinski definition) is 1. The van der Waals surface area contributed by atoms with Crippen molar-refractivity contribution in [2.75, 3.05) is 50.0 Å². The minimum atomic E-state index is -2.93. The Bertz CT molecular complexity index is 846. The molecule has 7 nitrogen and oxygen atoms in total. The normalized spacial score (nSPS) is 27.3. The fourth-order valence-corrected chi connectivity index (χ4v) is 7.26. The second-order valence-corrected chi connectivity index (χ2v) is 10.8. The highest BCUT2D eigenvalue weighted by Gasteiger charge is 2.42. The number of amidine groups is 1. The summed E-state index contributed by atoms with van der Waals surface area (Å²) in [6.07, 6.45) is 0.418. The van der Waals surface area contributed by atoms with Crippen molar-refractivity contribution in [3.05, 3.63) is 29.8 Å². The van der Waals surface area contributed by atoms with E-state index in [1.54, 1.807) is 0 Å². The molecule has 2 fully saturated rings. The van der Waals surface area contributed by atoms with Gasteiger partial charge in [-0.25, -0.2) is 8.42 Å². The van der Waals surface area contributed by atoms with E-state index < -0.39 is 9.84 Å². The third-order valence-corrected chi connectivity index (χ3v) is 8.38. The maximum atomic E-state index is 12.4. The zero-order valence-corrected chi connectivity index (χ0v) is 16.9. The summed E-state index contributed by atoms with van der Waals surface area (Å²) in [4.78, 5) is 21.1. The molecule has 3 aliphatic heterocycles. The van der Waals surface area contributed by atoms with Crippen molar-refractivity contribution >= 4 is 38.4 Å². The van der Waals surface area contributed by atoms with Gasteiger partial charge in [0.1, 0.15) is 0 Å². The Labute approximate surface area is 164 Å². The fraction of sp³-hybridized carbons (Fsp3) is 0.556. The van der Waals surface area contributed by atoms with Crippen molar-refractivity contribution in [1.82, 2.24) is 9.80 Å². The molecule has 9 heteroatoms. The summed E-state index contributed by atoms with van der Waals surface area (Å²) in [5.74, 6) is 0.543. The number of piperazine rings is 1. The van der Waals surface area contributed by atoms with Crippen LogP contribution in [0, 0.1) is 0 Å². The molecule has 4 rings (SSSR count). The molecule has 2 saturated heterocycles. The zero-order valence-electron chi connectivity index (χ0n) is 15.3. The summed E-state index contributed by atoms with van der Waals surface area (Å²) in [5, 5.41) is 4.08. The summed E-state index contributed by atoms with van der Waals surface area (Å²) >= 11 is 1.51. The number of aliphatic imine (C=N–C) groups is 1. The molecule has 0 saturated carbocycles. The number of amides is 1. The summed E-state index contributed by atoms with van der Waals surface area (Å²) in [5.41, 5.74) is 1.90. The number of carbonyl (C=O) groups excluding carboxylic acids is 1. The standard InChI is InChI=1S/C18H24N4O3S2/c1-21-6-8-22(9-7-21)17(23)10-13-2-4-14(5-3-13)19-18-20-15-11-27(24,25)12-16(15)26-18/h2-5,15-16H,6-12H2,1H3,(H,19,20). The first-order valence-electron chi connectivity index (χ1n) is 9.15. The molecule has 146 valence electrons. The Morgan fingerprint density at radius 2 is 1.89 bits per heavy atom. The van der Waals surface area contributed by atoms with Gasteiger partial charge in [-0.3, -0.25) is 9.79 Å². The van der Waals surface area contributed by atoms with E-state index in [1.165, 1.54) is 11.8 Å². The quantitative estimate of drug-likeness (QED) is 0.792. The molecule has 0 radical (unpaired) electrons. The monoisotopic (exact) mass is 408 g/mol. The topological polar surface area (TPSA) is 82.1 Å². The van der Waals surface area contributed by atoms with E-state index in [0.29, 0.717) is 6.42 Å². The van der Waals surface area contributed by atoms with Gasteiger partial charge in [0.05, 0.1) is 24.0 Å². The molecule has 0 aliphatic carbocycles. The first kappa shape index (κ1) is 18.8. The second kappa shape index (κ2) is 7.44. The Kier molecular flexibility index (Phi) is 5.17.